The molecule has 0 aliphatic rings. The third kappa shape index (κ3) is 2.75. The van der Waals surface area contributed by atoms with E-state index in [-0.39, 0.29) is 11.5 Å². The van der Waals surface area contributed by atoms with Gasteiger partial charge in [0.2, 0.25) is 0 Å². The van der Waals surface area contributed by atoms with Crippen molar-refractivity contribution in [1.82, 2.24) is 5.32 Å². The predicted octanol–water partition coefficient (Wildman–Crippen LogP) is 0.784. The Bertz CT molecular complexity index is 444. The number of rotatable bonds is 3. The molecule has 2 N–H and O–H groups in total. The van der Waals surface area contributed by atoms with Crippen LogP contribution in [0.5, 0.6) is 11.5 Å². The molecule has 0 amide bonds. The molecule has 1 rings (SSSR count). The number of carbonyl (C=O) groups is 1. The number of methoxy groups -OCH3 is 1. The monoisotopic (exact) mass is 219 g/mol. The number of ether oxygens (including phenoxy) is 1. The van der Waals surface area contributed by atoms with Crippen LogP contribution in [0.15, 0.2) is 12.1 Å². The quantitative estimate of drug-likeness (QED) is 0.582. The Morgan fingerprint density at radius 2 is 2.31 bits per heavy atom. The molecule has 0 fully saturated rings. The molecule has 0 atom stereocenters. The van der Waals surface area contributed by atoms with Crippen molar-refractivity contribution in [2.45, 2.75) is 0 Å². The minimum Gasteiger partial charge on any atom is -0.504 e. The summed E-state index contributed by atoms with van der Waals surface area (Å²) in [5, 5.41) is 12.4. The first-order valence-electron chi connectivity index (χ1n) is 4.72. The molecule has 84 valence electrons. The van der Waals surface area contributed by atoms with E-state index in [1.807, 2.05) is 0 Å². The van der Waals surface area contributed by atoms with Crippen LogP contribution in [0.1, 0.15) is 15.9 Å². The lowest BCUT2D eigenvalue weighted by molar-refractivity contribution is 0.112. The van der Waals surface area contributed by atoms with Crippen LogP contribution in [-0.2, 0) is 0 Å². The molecule has 0 aromatic heterocycles. The molecule has 1 aromatic carbocycles. The van der Waals surface area contributed by atoms with Gasteiger partial charge in [0, 0.05) is 17.2 Å². The van der Waals surface area contributed by atoms with E-state index in [0.29, 0.717) is 24.0 Å². The van der Waals surface area contributed by atoms with E-state index in [1.54, 1.807) is 7.05 Å². The molecule has 0 saturated heterocycles. The van der Waals surface area contributed by atoms with Crippen molar-refractivity contribution in [3.8, 4) is 23.3 Å². The first-order chi connectivity index (χ1) is 7.72. The zero-order valence-corrected chi connectivity index (χ0v) is 9.20. The Morgan fingerprint density at radius 1 is 1.56 bits per heavy atom. The average Bonchev–Trinajstić information content (AvgIpc) is 2.30. The number of carbonyl (C=O) groups excluding carboxylic acids is 1. The van der Waals surface area contributed by atoms with Gasteiger partial charge in [-0.15, -0.1) is 0 Å². The van der Waals surface area contributed by atoms with E-state index in [2.05, 4.69) is 17.2 Å². The maximum atomic E-state index is 10.8. The lowest BCUT2D eigenvalue weighted by Gasteiger charge is -2.05. The fraction of sp³-hybridized carbons (Fsp3) is 0.250. The molecule has 0 heterocycles. The second kappa shape index (κ2) is 5.79. The van der Waals surface area contributed by atoms with Crippen LogP contribution in [-0.4, -0.2) is 32.1 Å². The lowest BCUT2D eigenvalue weighted by Crippen LogP contribution is -2.04. The number of aromatic hydroxyl groups is 1. The van der Waals surface area contributed by atoms with Crippen molar-refractivity contribution in [3.05, 3.63) is 23.3 Å². The zero-order chi connectivity index (χ0) is 12.0. The van der Waals surface area contributed by atoms with Gasteiger partial charge in [0.25, 0.3) is 0 Å². The summed E-state index contributed by atoms with van der Waals surface area (Å²) in [5.74, 6) is 5.86. The molecule has 0 radical (unpaired) electrons. The van der Waals surface area contributed by atoms with Crippen LogP contribution in [0.2, 0.25) is 0 Å². The summed E-state index contributed by atoms with van der Waals surface area (Å²) in [6.45, 7) is 0.519. The molecule has 4 nitrogen and oxygen atoms in total. The topological polar surface area (TPSA) is 58.6 Å². The van der Waals surface area contributed by atoms with Gasteiger partial charge < -0.3 is 15.2 Å². The normalized spacial score (nSPS) is 9.12. The van der Waals surface area contributed by atoms with Crippen molar-refractivity contribution < 1.29 is 14.6 Å². The van der Waals surface area contributed by atoms with Crippen molar-refractivity contribution in [2.75, 3.05) is 20.7 Å². The molecular formula is C12H13NO3. The van der Waals surface area contributed by atoms with Crippen molar-refractivity contribution in [3.63, 3.8) is 0 Å². The Morgan fingerprint density at radius 3 is 2.88 bits per heavy atom. The highest BCUT2D eigenvalue weighted by atomic mass is 16.5. The maximum absolute atomic E-state index is 10.8. The van der Waals surface area contributed by atoms with Gasteiger partial charge in [-0.2, -0.15) is 0 Å². The Labute approximate surface area is 94.2 Å². The molecule has 0 bridgehead atoms. The zero-order valence-electron chi connectivity index (χ0n) is 9.20. The molecule has 16 heavy (non-hydrogen) atoms. The van der Waals surface area contributed by atoms with Crippen molar-refractivity contribution >= 4 is 6.29 Å². The van der Waals surface area contributed by atoms with Crippen LogP contribution in [0.3, 0.4) is 0 Å². The van der Waals surface area contributed by atoms with Gasteiger partial charge >= 0.3 is 0 Å². The molecule has 4 heteroatoms. The molecule has 0 aliphatic carbocycles. The summed E-state index contributed by atoms with van der Waals surface area (Å²) in [6, 6.07) is 2.89. The number of phenols is 1. The van der Waals surface area contributed by atoms with Gasteiger partial charge in [0.05, 0.1) is 13.7 Å². The Hall–Kier alpha value is -1.99. The van der Waals surface area contributed by atoms with Gasteiger partial charge in [-0.1, -0.05) is 11.8 Å². The smallest absolute Gasteiger partial charge is 0.161 e. The van der Waals surface area contributed by atoms with E-state index < -0.39 is 0 Å². The SMILES string of the molecule is CNCC#Cc1cc(O)c(OC)cc1C=O. The highest BCUT2D eigenvalue weighted by Gasteiger charge is 2.07. The highest BCUT2D eigenvalue weighted by molar-refractivity contribution is 5.81. The Kier molecular flexibility index (Phi) is 4.37. The number of benzene rings is 1. The number of hydrogen-bond acceptors (Lipinski definition) is 4. The predicted molar refractivity (Wildman–Crippen MR) is 60.9 cm³/mol. The van der Waals surface area contributed by atoms with Gasteiger partial charge in [-0.25, -0.2) is 0 Å². The largest absolute Gasteiger partial charge is 0.504 e. The minimum atomic E-state index is -0.0261. The summed E-state index contributed by atoms with van der Waals surface area (Å²) in [6.07, 6.45) is 0.686. The summed E-state index contributed by atoms with van der Waals surface area (Å²) in [4.78, 5) is 10.8. The van der Waals surface area contributed by atoms with Gasteiger partial charge in [0.1, 0.15) is 0 Å². The van der Waals surface area contributed by atoms with Gasteiger partial charge in [-0.3, -0.25) is 4.79 Å². The second-order valence-corrected chi connectivity index (χ2v) is 3.06. The van der Waals surface area contributed by atoms with Gasteiger partial charge in [0.15, 0.2) is 17.8 Å². The maximum Gasteiger partial charge on any atom is 0.161 e. The molecule has 0 spiro atoms. The lowest BCUT2D eigenvalue weighted by atomic mass is 10.1. The van der Waals surface area contributed by atoms with E-state index in [0.717, 1.165) is 0 Å². The summed E-state index contributed by atoms with van der Waals surface area (Å²) >= 11 is 0. The van der Waals surface area contributed by atoms with Crippen LogP contribution >= 0.6 is 0 Å². The number of aldehydes is 1. The summed E-state index contributed by atoms with van der Waals surface area (Å²) in [5.41, 5.74) is 0.891. The number of hydrogen-bond donors (Lipinski definition) is 2. The molecule has 0 saturated carbocycles. The van der Waals surface area contributed by atoms with Crippen LogP contribution in [0.25, 0.3) is 0 Å². The number of nitrogens with one attached hydrogen (secondary N) is 1. The van der Waals surface area contributed by atoms with Crippen LogP contribution < -0.4 is 10.1 Å². The summed E-state index contributed by atoms with van der Waals surface area (Å²) < 4.78 is 4.90. The van der Waals surface area contributed by atoms with Crippen LogP contribution in [0.4, 0.5) is 0 Å². The second-order valence-electron chi connectivity index (χ2n) is 3.06. The fourth-order valence-corrected chi connectivity index (χ4v) is 1.18. The molecule has 0 unspecified atom stereocenters. The Balaban J connectivity index is 3.14. The van der Waals surface area contributed by atoms with E-state index in [9.17, 15) is 9.90 Å². The van der Waals surface area contributed by atoms with Gasteiger partial charge in [-0.05, 0) is 13.1 Å². The van der Waals surface area contributed by atoms with Crippen molar-refractivity contribution in [1.29, 1.82) is 0 Å². The van der Waals surface area contributed by atoms with E-state index in [4.69, 9.17) is 4.74 Å². The fourth-order valence-electron chi connectivity index (χ4n) is 1.18. The third-order valence-corrected chi connectivity index (χ3v) is 1.97. The highest BCUT2D eigenvalue weighted by Crippen LogP contribution is 2.28. The molecule has 0 aliphatic heterocycles. The van der Waals surface area contributed by atoms with Crippen molar-refractivity contribution in [2.24, 2.45) is 0 Å². The molecule has 1 aromatic rings. The summed E-state index contributed by atoms with van der Waals surface area (Å²) in [7, 11) is 3.21. The third-order valence-electron chi connectivity index (χ3n) is 1.97. The van der Waals surface area contributed by atoms with E-state index >= 15 is 0 Å². The first kappa shape index (κ1) is 12.1. The first-order valence-corrected chi connectivity index (χ1v) is 4.72. The van der Waals surface area contributed by atoms with E-state index in [1.165, 1.54) is 19.2 Å². The average molecular weight is 219 g/mol. The molecular weight excluding hydrogens is 206 g/mol. The minimum absolute atomic E-state index is 0.0261. The standard InChI is InChI=1S/C12H13NO3/c1-13-5-3-4-9-6-11(15)12(16-2)7-10(9)8-14/h6-8,13,15H,5H2,1-2H3. The number of phenolic OH excluding ortho intramolecular Hbond substituents is 1. The van der Waals surface area contributed by atoms with Crippen LogP contribution in [0, 0.1) is 11.8 Å².